The molecule has 0 bridgehead atoms. The van der Waals surface area contributed by atoms with Gasteiger partial charge in [-0.2, -0.15) is 0 Å². The number of nitrogens with zero attached hydrogens (tertiary/aromatic N) is 2. The van der Waals surface area contributed by atoms with Crippen LogP contribution >= 0.6 is 0 Å². The topological polar surface area (TPSA) is 70.8 Å². The van der Waals surface area contributed by atoms with Crippen LogP contribution in [0.5, 0.6) is 11.5 Å². The molecule has 0 atom stereocenters. The molecule has 2 fully saturated rings. The second kappa shape index (κ2) is 12.5. The predicted octanol–water partition coefficient (Wildman–Crippen LogP) is 4.24. The van der Waals surface area contributed by atoms with Crippen molar-refractivity contribution in [1.82, 2.24) is 0 Å². The van der Waals surface area contributed by atoms with Crippen LogP contribution in [-0.2, 0) is 17.1 Å². The average molecular weight is 440 g/mol. The summed E-state index contributed by atoms with van der Waals surface area (Å²) >= 11 is 0. The van der Waals surface area contributed by atoms with E-state index in [-0.39, 0.29) is 28.6 Å². The number of rotatable bonds is 4. The Balaban J connectivity index is 0.000000200. The standard InChI is InChI=1S/2C12H15NO.Cu/c2*14-12-8-4-1-5-10(12)9-13-11-6-2-3-7-11;/h2*1,4-5,8-9,11,14H,2-3,6-7H2;/q;;+2/p-2. The minimum atomic E-state index is 0. The summed E-state index contributed by atoms with van der Waals surface area (Å²) in [5.74, 6) is 0.128. The van der Waals surface area contributed by atoms with Gasteiger partial charge in [0.05, 0.1) is 0 Å². The first kappa shape index (κ1) is 23.2. The van der Waals surface area contributed by atoms with Crippen LogP contribution < -0.4 is 10.2 Å². The molecule has 0 aliphatic heterocycles. The number of hydrogen-bond donors (Lipinski definition) is 0. The number of hydrogen-bond acceptors (Lipinski definition) is 4. The van der Waals surface area contributed by atoms with E-state index >= 15 is 0 Å². The summed E-state index contributed by atoms with van der Waals surface area (Å²) in [7, 11) is 0. The van der Waals surface area contributed by atoms with Crippen LogP contribution in [0.25, 0.3) is 0 Å². The minimum absolute atomic E-state index is 0. The maximum absolute atomic E-state index is 11.3. The van der Waals surface area contributed by atoms with Gasteiger partial charge in [0, 0.05) is 24.5 Å². The van der Waals surface area contributed by atoms with Gasteiger partial charge in [-0.3, -0.25) is 9.98 Å². The summed E-state index contributed by atoms with van der Waals surface area (Å²) in [5.41, 5.74) is 1.42. The van der Waals surface area contributed by atoms with E-state index in [2.05, 4.69) is 9.98 Å². The van der Waals surface area contributed by atoms with Gasteiger partial charge in [-0.1, -0.05) is 74.2 Å². The van der Waals surface area contributed by atoms with Crippen molar-refractivity contribution >= 4 is 12.4 Å². The van der Waals surface area contributed by atoms with Crippen molar-refractivity contribution in [2.24, 2.45) is 9.98 Å². The van der Waals surface area contributed by atoms with E-state index in [0.29, 0.717) is 23.2 Å². The fraction of sp³-hybridized carbons (Fsp3) is 0.417. The van der Waals surface area contributed by atoms with Crippen molar-refractivity contribution in [1.29, 1.82) is 0 Å². The third-order valence-electron chi connectivity index (χ3n) is 5.34. The summed E-state index contributed by atoms with van der Waals surface area (Å²) in [6.45, 7) is 0. The molecule has 2 aliphatic rings. The molecule has 157 valence electrons. The van der Waals surface area contributed by atoms with Gasteiger partial charge in [-0.25, -0.2) is 0 Å². The fourth-order valence-corrected chi connectivity index (χ4v) is 3.65. The van der Waals surface area contributed by atoms with Crippen LogP contribution in [0, 0.1) is 0 Å². The molecule has 0 heterocycles. The van der Waals surface area contributed by atoms with E-state index in [1.54, 1.807) is 36.7 Å². The summed E-state index contributed by atoms with van der Waals surface area (Å²) in [4.78, 5) is 8.86. The normalized spacial score (nSPS) is 17.4. The molecular formula is C24H28CuN2O2. The molecule has 2 saturated carbocycles. The Labute approximate surface area is 184 Å². The number of benzene rings is 2. The Kier molecular flexibility index (Phi) is 9.96. The average Bonchev–Trinajstić information content (AvgIpc) is 3.41. The van der Waals surface area contributed by atoms with Crippen molar-refractivity contribution < 1.29 is 27.3 Å². The van der Waals surface area contributed by atoms with Gasteiger partial charge >= 0.3 is 17.1 Å². The first-order valence-electron chi connectivity index (χ1n) is 10.3. The second-order valence-electron chi connectivity index (χ2n) is 7.51. The van der Waals surface area contributed by atoms with Crippen molar-refractivity contribution in [3.63, 3.8) is 0 Å². The zero-order valence-electron chi connectivity index (χ0n) is 16.6. The molecule has 5 heteroatoms. The van der Waals surface area contributed by atoms with Crippen molar-refractivity contribution in [3.05, 3.63) is 59.7 Å². The van der Waals surface area contributed by atoms with Gasteiger partial charge in [0.15, 0.2) is 0 Å². The molecule has 0 spiro atoms. The maximum atomic E-state index is 11.3. The molecule has 2 aromatic rings. The van der Waals surface area contributed by atoms with Crippen LogP contribution in [-0.4, -0.2) is 24.5 Å². The van der Waals surface area contributed by atoms with Crippen LogP contribution in [0.15, 0.2) is 58.5 Å². The third-order valence-corrected chi connectivity index (χ3v) is 5.34. The Morgan fingerprint density at radius 3 is 1.31 bits per heavy atom. The molecule has 29 heavy (non-hydrogen) atoms. The molecule has 2 aromatic carbocycles. The van der Waals surface area contributed by atoms with Crippen molar-refractivity contribution in [3.8, 4) is 11.5 Å². The minimum Gasteiger partial charge on any atom is -0.872 e. The molecular weight excluding hydrogens is 412 g/mol. The first-order valence-corrected chi connectivity index (χ1v) is 10.3. The largest absolute Gasteiger partial charge is 2.00 e. The Morgan fingerprint density at radius 1 is 0.621 bits per heavy atom. The van der Waals surface area contributed by atoms with Crippen LogP contribution in [0.1, 0.15) is 62.5 Å². The Bertz CT molecular complexity index is 727. The molecule has 0 aromatic heterocycles. The van der Waals surface area contributed by atoms with Crippen LogP contribution in [0.4, 0.5) is 0 Å². The SMILES string of the molecule is [Cu+2].[O-]c1ccccc1C=NC1CCCC1.[O-]c1ccccc1C=NC1CCCC1. The maximum Gasteiger partial charge on any atom is 2.00 e. The van der Waals surface area contributed by atoms with Gasteiger partial charge in [0.1, 0.15) is 0 Å². The van der Waals surface area contributed by atoms with Crippen LogP contribution in [0.2, 0.25) is 0 Å². The molecule has 0 N–H and O–H groups in total. The predicted molar refractivity (Wildman–Crippen MR) is 111 cm³/mol. The summed E-state index contributed by atoms with van der Waals surface area (Å²) in [6, 6.07) is 15.0. The molecule has 1 radical (unpaired) electrons. The van der Waals surface area contributed by atoms with Gasteiger partial charge in [0.25, 0.3) is 0 Å². The molecule has 0 amide bonds. The summed E-state index contributed by atoms with van der Waals surface area (Å²) in [5, 5.41) is 22.7. The van der Waals surface area contributed by atoms with Crippen molar-refractivity contribution in [2.45, 2.75) is 63.5 Å². The Morgan fingerprint density at radius 2 is 0.966 bits per heavy atom. The van der Waals surface area contributed by atoms with E-state index in [1.165, 1.54) is 51.4 Å². The van der Waals surface area contributed by atoms with E-state index < -0.39 is 0 Å². The molecule has 0 saturated heterocycles. The fourth-order valence-electron chi connectivity index (χ4n) is 3.65. The third kappa shape index (κ3) is 7.68. The monoisotopic (exact) mass is 439 g/mol. The van der Waals surface area contributed by atoms with E-state index in [1.807, 2.05) is 24.3 Å². The van der Waals surface area contributed by atoms with Gasteiger partial charge in [-0.05, 0) is 36.8 Å². The van der Waals surface area contributed by atoms with Gasteiger partial charge in [-0.15, -0.1) is 11.5 Å². The number of aliphatic imine (C=N–C) groups is 2. The van der Waals surface area contributed by atoms with Gasteiger partial charge in [0.2, 0.25) is 0 Å². The van der Waals surface area contributed by atoms with Gasteiger partial charge < -0.3 is 10.2 Å². The summed E-state index contributed by atoms with van der Waals surface area (Å²) in [6.07, 6.45) is 13.3. The summed E-state index contributed by atoms with van der Waals surface area (Å²) < 4.78 is 0. The zero-order chi connectivity index (χ0) is 19.6. The zero-order valence-corrected chi connectivity index (χ0v) is 17.5. The second-order valence-corrected chi connectivity index (χ2v) is 7.51. The van der Waals surface area contributed by atoms with E-state index in [0.717, 1.165) is 0 Å². The molecule has 4 rings (SSSR count). The smallest absolute Gasteiger partial charge is 0.872 e. The van der Waals surface area contributed by atoms with Crippen LogP contribution in [0.3, 0.4) is 0 Å². The molecule has 0 unspecified atom stereocenters. The van der Waals surface area contributed by atoms with Crippen molar-refractivity contribution in [2.75, 3.05) is 0 Å². The number of para-hydroxylation sites is 2. The Hall–Kier alpha value is -2.10. The first-order chi connectivity index (χ1) is 13.7. The van der Waals surface area contributed by atoms with E-state index in [4.69, 9.17) is 0 Å². The molecule has 4 nitrogen and oxygen atoms in total. The quantitative estimate of drug-likeness (QED) is 0.528. The van der Waals surface area contributed by atoms with E-state index in [9.17, 15) is 10.2 Å². The molecule has 2 aliphatic carbocycles.